The van der Waals surface area contributed by atoms with Crippen molar-refractivity contribution < 1.29 is 8.42 Å². The van der Waals surface area contributed by atoms with E-state index in [1.165, 1.54) is 0 Å². The van der Waals surface area contributed by atoms with Gasteiger partial charge in [-0.25, -0.2) is 17.7 Å². The Balaban J connectivity index is 1.87. The van der Waals surface area contributed by atoms with E-state index in [2.05, 4.69) is 20.0 Å². The Morgan fingerprint density at radius 1 is 1.30 bits per heavy atom. The lowest BCUT2D eigenvalue weighted by atomic mass is 10.1. The number of hydrogen-bond donors (Lipinski definition) is 2. The molecule has 9 heteroatoms. The lowest BCUT2D eigenvalue weighted by molar-refractivity contribution is 0.569. The van der Waals surface area contributed by atoms with E-state index < -0.39 is 10.0 Å². The molecule has 0 radical (unpaired) electrons. The molecule has 3 heterocycles. The fraction of sp³-hybridized carbons (Fsp3) is 0.429. The number of sulfonamides is 1. The molecule has 3 aromatic heterocycles. The standard InChI is InChI=1S/C14H20N6O2S/c1-10(6-7-15-23(3,21)22)13-16-17-14-12(11(2)18-20(13)14)19-8-4-5-9-19/h4-5,8-10,15,18H,6-7H2,1-3H3. The van der Waals surface area contributed by atoms with Crippen molar-refractivity contribution in [3.8, 4) is 5.69 Å². The molecule has 0 aromatic carbocycles. The van der Waals surface area contributed by atoms with Crippen LogP contribution in [0, 0.1) is 6.92 Å². The van der Waals surface area contributed by atoms with Gasteiger partial charge in [0.25, 0.3) is 0 Å². The Hall–Kier alpha value is -2.13. The molecule has 8 nitrogen and oxygen atoms in total. The summed E-state index contributed by atoms with van der Waals surface area (Å²) in [5.41, 5.74) is 2.72. The van der Waals surface area contributed by atoms with Crippen molar-refractivity contribution in [2.75, 3.05) is 12.8 Å². The average Bonchev–Trinajstić information content (AvgIpc) is 3.12. The van der Waals surface area contributed by atoms with E-state index in [-0.39, 0.29) is 5.92 Å². The highest BCUT2D eigenvalue weighted by molar-refractivity contribution is 7.88. The van der Waals surface area contributed by atoms with Crippen LogP contribution in [0.3, 0.4) is 0 Å². The number of H-pyrrole nitrogens is 1. The second-order valence-electron chi connectivity index (χ2n) is 5.75. The first-order chi connectivity index (χ1) is 10.9. The molecule has 0 bridgehead atoms. The SMILES string of the molecule is Cc1[nH]n2c(C(C)CCNS(C)(=O)=O)nnc2c1-n1cccc1. The zero-order valence-corrected chi connectivity index (χ0v) is 14.1. The van der Waals surface area contributed by atoms with Gasteiger partial charge in [-0.15, -0.1) is 10.2 Å². The third kappa shape index (κ3) is 3.15. The molecular weight excluding hydrogens is 316 g/mol. The van der Waals surface area contributed by atoms with Crippen LogP contribution in [-0.2, 0) is 10.0 Å². The van der Waals surface area contributed by atoms with Crippen LogP contribution in [0.5, 0.6) is 0 Å². The monoisotopic (exact) mass is 336 g/mol. The van der Waals surface area contributed by atoms with E-state index >= 15 is 0 Å². The van der Waals surface area contributed by atoms with Crippen LogP contribution in [0.1, 0.15) is 30.8 Å². The predicted octanol–water partition coefficient (Wildman–Crippen LogP) is 1.20. The molecule has 0 saturated carbocycles. The maximum absolute atomic E-state index is 11.1. The molecule has 3 aromatic rings. The second kappa shape index (κ2) is 5.82. The zero-order valence-electron chi connectivity index (χ0n) is 13.3. The fourth-order valence-electron chi connectivity index (χ4n) is 2.65. The molecule has 2 N–H and O–H groups in total. The average molecular weight is 336 g/mol. The summed E-state index contributed by atoms with van der Waals surface area (Å²) in [5.74, 6) is 0.853. The van der Waals surface area contributed by atoms with Crippen LogP contribution in [0.25, 0.3) is 11.3 Å². The quantitative estimate of drug-likeness (QED) is 0.707. The molecule has 1 unspecified atom stereocenters. The highest BCUT2D eigenvalue weighted by Gasteiger charge is 2.19. The summed E-state index contributed by atoms with van der Waals surface area (Å²) in [6.45, 7) is 4.37. The number of nitrogens with one attached hydrogen (secondary N) is 2. The largest absolute Gasteiger partial charge is 0.319 e. The first-order valence-corrected chi connectivity index (χ1v) is 9.27. The summed E-state index contributed by atoms with van der Waals surface area (Å²) in [4.78, 5) is 0. The first-order valence-electron chi connectivity index (χ1n) is 7.38. The molecule has 0 fully saturated rings. The van der Waals surface area contributed by atoms with Crippen molar-refractivity contribution in [3.63, 3.8) is 0 Å². The van der Waals surface area contributed by atoms with E-state index in [1.807, 2.05) is 47.5 Å². The van der Waals surface area contributed by atoms with Crippen molar-refractivity contribution in [1.82, 2.24) is 29.1 Å². The molecule has 0 aliphatic carbocycles. The molecule has 0 spiro atoms. The van der Waals surface area contributed by atoms with E-state index in [4.69, 9.17) is 0 Å². The first kappa shape index (κ1) is 15.8. The maximum atomic E-state index is 11.1. The van der Waals surface area contributed by atoms with Gasteiger partial charge in [0.15, 0.2) is 5.82 Å². The van der Waals surface area contributed by atoms with Crippen LogP contribution < -0.4 is 4.72 Å². The minimum absolute atomic E-state index is 0.0646. The molecule has 3 rings (SSSR count). The van der Waals surface area contributed by atoms with Gasteiger partial charge < -0.3 is 4.57 Å². The molecular formula is C14H20N6O2S. The Morgan fingerprint density at radius 2 is 2.00 bits per heavy atom. The Labute approximate surface area is 134 Å². The molecule has 1 atom stereocenters. The van der Waals surface area contributed by atoms with E-state index in [0.717, 1.165) is 29.1 Å². The van der Waals surface area contributed by atoms with Gasteiger partial charge >= 0.3 is 0 Å². The molecule has 0 aliphatic heterocycles. The number of nitrogens with zero attached hydrogens (tertiary/aromatic N) is 4. The van der Waals surface area contributed by atoms with Gasteiger partial charge in [0, 0.05) is 24.9 Å². The second-order valence-corrected chi connectivity index (χ2v) is 7.58. The van der Waals surface area contributed by atoms with Crippen molar-refractivity contribution >= 4 is 15.7 Å². The van der Waals surface area contributed by atoms with Gasteiger partial charge in [0.05, 0.1) is 11.9 Å². The fourth-order valence-corrected chi connectivity index (χ4v) is 3.14. The van der Waals surface area contributed by atoms with Crippen LogP contribution in [-0.4, -0.2) is 45.6 Å². The zero-order chi connectivity index (χ0) is 16.6. The minimum atomic E-state index is -3.17. The molecule has 0 saturated heterocycles. The van der Waals surface area contributed by atoms with E-state index in [0.29, 0.717) is 13.0 Å². The normalized spacial score (nSPS) is 13.7. The van der Waals surface area contributed by atoms with Crippen LogP contribution in [0.15, 0.2) is 24.5 Å². The van der Waals surface area contributed by atoms with E-state index in [1.54, 1.807) is 0 Å². The third-order valence-corrected chi connectivity index (χ3v) is 4.51. The smallest absolute Gasteiger partial charge is 0.208 e. The van der Waals surface area contributed by atoms with Crippen LogP contribution in [0.2, 0.25) is 0 Å². The van der Waals surface area contributed by atoms with Crippen LogP contribution in [0.4, 0.5) is 0 Å². The maximum Gasteiger partial charge on any atom is 0.208 e. The minimum Gasteiger partial charge on any atom is -0.319 e. The predicted molar refractivity (Wildman–Crippen MR) is 87.3 cm³/mol. The summed E-state index contributed by atoms with van der Waals surface area (Å²) < 4.78 is 28.6. The third-order valence-electron chi connectivity index (χ3n) is 3.78. The molecule has 0 aliphatic rings. The number of fused-ring (bicyclic) bond motifs is 1. The lowest BCUT2D eigenvalue weighted by Gasteiger charge is -2.08. The van der Waals surface area contributed by atoms with Crippen molar-refractivity contribution in [2.45, 2.75) is 26.2 Å². The van der Waals surface area contributed by atoms with Gasteiger partial charge in [-0.05, 0) is 25.5 Å². The van der Waals surface area contributed by atoms with Crippen molar-refractivity contribution in [2.24, 2.45) is 0 Å². The van der Waals surface area contributed by atoms with Gasteiger partial charge in [-0.1, -0.05) is 6.92 Å². The molecule has 0 amide bonds. The summed E-state index contributed by atoms with van der Waals surface area (Å²) in [5, 5.41) is 11.9. The molecule has 23 heavy (non-hydrogen) atoms. The highest BCUT2D eigenvalue weighted by Crippen LogP contribution is 2.23. The number of hydrogen-bond acceptors (Lipinski definition) is 4. The van der Waals surface area contributed by atoms with Crippen LogP contribution >= 0.6 is 0 Å². The number of aromatic amines is 1. The summed E-state index contributed by atoms with van der Waals surface area (Å²) in [6.07, 6.45) is 5.73. The summed E-state index contributed by atoms with van der Waals surface area (Å²) in [7, 11) is -3.17. The summed E-state index contributed by atoms with van der Waals surface area (Å²) in [6, 6.07) is 3.92. The topological polar surface area (TPSA) is 97.1 Å². The van der Waals surface area contributed by atoms with Gasteiger partial charge in [-0.2, -0.15) is 0 Å². The Morgan fingerprint density at radius 3 is 2.65 bits per heavy atom. The Bertz CT molecular complexity index is 907. The van der Waals surface area contributed by atoms with Gasteiger partial charge in [-0.3, -0.25) is 5.10 Å². The Kier molecular flexibility index (Phi) is 3.99. The number of aryl methyl sites for hydroxylation is 1. The van der Waals surface area contributed by atoms with Gasteiger partial charge in [0.1, 0.15) is 5.69 Å². The van der Waals surface area contributed by atoms with E-state index in [9.17, 15) is 8.42 Å². The highest BCUT2D eigenvalue weighted by atomic mass is 32.2. The number of aromatic nitrogens is 5. The molecule has 124 valence electrons. The summed E-state index contributed by atoms with van der Waals surface area (Å²) >= 11 is 0. The van der Waals surface area contributed by atoms with Crippen molar-refractivity contribution in [3.05, 3.63) is 36.0 Å². The lowest BCUT2D eigenvalue weighted by Crippen LogP contribution is -2.24. The van der Waals surface area contributed by atoms with Crippen molar-refractivity contribution in [1.29, 1.82) is 0 Å². The number of rotatable bonds is 6. The van der Waals surface area contributed by atoms with Gasteiger partial charge in [0.2, 0.25) is 15.7 Å².